The van der Waals surface area contributed by atoms with Gasteiger partial charge in [0.15, 0.2) is 5.78 Å². The van der Waals surface area contributed by atoms with Gasteiger partial charge in [0.25, 0.3) is 5.56 Å². The van der Waals surface area contributed by atoms with Crippen LogP contribution in [-0.4, -0.2) is 24.1 Å². The molecule has 164 valence electrons. The molecule has 0 atom stereocenters. The van der Waals surface area contributed by atoms with Crippen LogP contribution in [0.5, 0.6) is 5.75 Å². The second-order valence-electron chi connectivity index (χ2n) is 6.75. The van der Waals surface area contributed by atoms with Crippen LogP contribution in [0.15, 0.2) is 53.5 Å². The van der Waals surface area contributed by atoms with E-state index in [1.165, 1.54) is 36.1 Å². The van der Waals surface area contributed by atoms with Gasteiger partial charge in [0, 0.05) is 25.4 Å². The number of ether oxygens (including phenoxy) is 2. The Hall–Kier alpha value is -3.18. The van der Waals surface area contributed by atoms with E-state index in [4.69, 9.17) is 32.7 Å². The van der Waals surface area contributed by atoms with Gasteiger partial charge in [-0.1, -0.05) is 29.3 Å². The van der Waals surface area contributed by atoms with Crippen molar-refractivity contribution in [2.75, 3.05) is 13.7 Å². The normalized spacial score (nSPS) is 10.6. The lowest BCUT2D eigenvalue weighted by Gasteiger charge is -2.13. The number of methoxy groups -OCH3 is 1. The Morgan fingerprint density at radius 2 is 1.94 bits per heavy atom. The third kappa shape index (κ3) is 5.35. The van der Waals surface area contributed by atoms with Crippen LogP contribution in [0.25, 0.3) is 0 Å². The number of carbonyl (C=O) groups is 1. The molecule has 0 aliphatic carbocycles. The molecule has 0 saturated heterocycles. The summed E-state index contributed by atoms with van der Waals surface area (Å²) in [5.74, 6) is -1.10. The van der Waals surface area contributed by atoms with E-state index in [9.17, 15) is 19.2 Å². The van der Waals surface area contributed by atoms with E-state index in [2.05, 4.69) is 0 Å². The molecule has 2 aromatic carbocycles. The van der Waals surface area contributed by atoms with E-state index in [0.717, 1.165) is 6.07 Å². The zero-order valence-electron chi connectivity index (χ0n) is 16.9. The van der Waals surface area contributed by atoms with Gasteiger partial charge in [-0.2, -0.15) is 5.26 Å². The molecule has 0 spiro atoms. The molecule has 1 heterocycles. The molecule has 3 rings (SSSR count). The number of benzene rings is 2. The van der Waals surface area contributed by atoms with E-state index in [1.807, 2.05) is 0 Å². The molecule has 0 fully saturated rings. The minimum Gasteiger partial charge on any atom is -0.488 e. The molecule has 0 N–H and O–H groups in total. The van der Waals surface area contributed by atoms with E-state index in [-0.39, 0.29) is 42.2 Å². The Morgan fingerprint density at radius 1 is 1.16 bits per heavy atom. The van der Waals surface area contributed by atoms with E-state index in [0.29, 0.717) is 15.6 Å². The monoisotopic (exact) mass is 474 g/mol. The van der Waals surface area contributed by atoms with Crippen molar-refractivity contribution in [1.82, 2.24) is 4.57 Å². The highest BCUT2D eigenvalue weighted by atomic mass is 35.5. The Morgan fingerprint density at radius 3 is 2.62 bits per heavy atom. The highest BCUT2D eigenvalue weighted by Crippen LogP contribution is 2.26. The van der Waals surface area contributed by atoms with Gasteiger partial charge >= 0.3 is 0 Å². The molecule has 0 saturated carbocycles. The number of nitrogens with zero attached hydrogens (tertiary/aromatic N) is 2. The fourth-order valence-corrected chi connectivity index (χ4v) is 3.27. The van der Waals surface area contributed by atoms with Crippen LogP contribution in [0.3, 0.4) is 0 Å². The van der Waals surface area contributed by atoms with Crippen LogP contribution in [0.2, 0.25) is 10.0 Å². The van der Waals surface area contributed by atoms with Gasteiger partial charge in [-0.05, 0) is 42.0 Å². The van der Waals surface area contributed by atoms with Crippen LogP contribution in [0.1, 0.15) is 27.0 Å². The number of carbonyl (C=O) groups excluding carboxylic acids is 1. The van der Waals surface area contributed by atoms with Crippen molar-refractivity contribution in [3.63, 3.8) is 0 Å². The highest BCUT2D eigenvalue weighted by molar-refractivity contribution is 6.42. The number of ketones is 1. The van der Waals surface area contributed by atoms with Crippen molar-refractivity contribution in [2.24, 2.45) is 0 Å². The predicted molar refractivity (Wildman–Crippen MR) is 118 cm³/mol. The summed E-state index contributed by atoms with van der Waals surface area (Å²) < 4.78 is 25.9. The van der Waals surface area contributed by atoms with Gasteiger partial charge in [0.1, 0.15) is 29.8 Å². The fraction of sp³-hybridized carbons (Fsp3) is 0.174. The summed E-state index contributed by atoms with van der Waals surface area (Å²) in [6, 6.07) is 11.5. The summed E-state index contributed by atoms with van der Waals surface area (Å²) in [5, 5.41) is 10.0. The molecule has 3 aromatic rings. The molecule has 0 radical (unpaired) electrons. The molecule has 0 bridgehead atoms. The Labute approximate surface area is 193 Å². The van der Waals surface area contributed by atoms with Gasteiger partial charge in [0.05, 0.1) is 22.2 Å². The van der Waals surface area contributed by atoms with Gasteiger partial charge in [-0.15, -0.1) is 0 Å². The second-order valence-corrected chi connectivity index (χ2v) is 7.57. The maximum atomic E-state index is 14.0. The third-order valence-corrected chi connectivity index (χ3v) is 5.31. The first-order valence-electron chi connectivity index (χ1n) is 9.38. The van der Waals surface area contributed by atoms with Crippen molar-refractivity contribution in [3.05, 3.63) is 97.1 Å². The SMILES string of the molecule is COCCn1cc(C(=O)c2cc(F)ccc2OCc2ccc(Cl)c(Cl)c2)cc(C#N)c1=O. The smallest absolute Gasteiger partial charge is 0.268 e. The lowest BCUT2D eigenvalue weighted by molar-refractivity contribution is 0.103. The van der Waals surface area contributed by atoms with Crippen molar-refractivity contribution in [3.8, 4) is 11.8 Å². The number of aromatic nitrogens is 1. The zero-order chi connectivity index (χ0) is 23.3. The standard InChI is InChI=1S/C23H17Cl2FN2O4/c1-31-7-6-28-12-16(9-15(11-27)23(28)30)22(29)18-10-17(26)3-5-21(18)32-13-14-2-4-19(24)20(25)8-14/h2-5,8-10,12H,6-7,13H2,1H3. The van der Waals surface area contributed by atoms with Crippen LogP contribution >= 0.6 is 23.2 Å². The van der Waals surface area contributed by atoms with Crippen LogP contribution in [-0.2, 0) is 17.9 Å². The minimum atomic E-state index is -0.636. The van der Waals surface area contributed by atoms with Gasteiger partial charge < -0.3 is 14.0 Å². The molecule has 32 heavy (non-hydrogen) atoms. The molecule has 0 aliphatic heterocycles. The van der Waals surface area contributed by atoms with E-state index >= 15 is 0 Å². The van der Waals surface area contributed by atoms with Gasteiger partial charge in [0.2, 0.25) is 0 Å². The summed E-state index contributed by atoms with van der Waals surface area (Å²) in [6.45, 7) is 0.412. The molecule has 0 unspecified atom stereocenters. The minimum absolute atomic E-state index is 0.0437. The molecule has 0 aliphatic rings. The predicted octanol–water partition coefficient (Wildman–Crippen LogP) is 4.62. The zero-order valence-corrected chi connectivity index (χ0v) is 18.4. The Bertz CT molecular complexity index is 1270. The number of hydrogen-bond donors (Lipinski definition) is 0. The lowest BCUT2D eigenvalue weighted by atomic mass is 10.0. The first-order valence-corrected chi connectivity index (χ1v) is 10.1. The van der Waals surface area contributed by atoms with Crippen molar-refractivity contribution in [1.29, 1.82) is 5.26 Å². The first-order chi connectivity index (χ1) is 15.3. The molecular formula is C23H17Cl2FN2O4. The molecule has 9 heteroatoms. The molecule has 1 aromatic heterocycles. The van der Waals surface area contributed by atoms with Crippen LogP contribution in [0.4, 0.5) is 4.39 Å². The van der Waals surface area contributed by atoms with E-state index < -0.39 is 17.2 Å². The van der Waals surface area contributed by atoms with E-state index in [1.54, 1.807) is 24.3 Å². The average Bonchev–Trinajstić information content (AvgIpc) is 2.79. The van der Waals surface area contributed by atoms with Gasteiger partial charge in [-0.25, -0.2) is 4.39 Å². The fourth-order valence-electron chi connectivity index (χ4n) is 2.95. The summed E-state index contributed by atoms with van der Waals surface area (Å²) in [4.78, 5) is 25.5. The largest absolute Gasteiger partial charge is 0.488 e. The summed E-state index contributed by atoms with van der Waals surface area (Å²) in [5.41, 5.74) is -0.0619. The quantitative estimate of drug-likeness (QED) is 0.444. The highest BCUT2D eigenvalue weighted by Gasteiger charge is 2.19. The van der Waals surface area contributed by atoms with Crippen molar-refractivity contribution >= 4 is 29.0 Å². The maximum absolute atomic E-state index is 14.0. The average molecular weight is 475 g/mol. The molecular weight excluding hydrogens is 458 g/mol. The second kappa shape index (κ2) is 10.4. The number of pyridine rings is 1. The topological polar surface area (TPSA) is 81.3 Å². The number of halogens is 3. The Balaban J connectivity index is 1.96. The molecule has 6 nitrogen and oxygen atoms in total. The number of hydrogen-bond acceptors (Lipinski definition) is 5. The first kappa shape index (κ1) is 23.5. The van der Waals surface area contributed by atoms with Crippen molar-refractivity contribution in [2.45, 2.75) is 13.2 Å². The van der Waals surface area contributed by atoms with Crippen LogP contribution < -0.4 is 10.3 Å². The number of nitriles is 1. The Kier molecular flexibility index (Phi) is 7.65. The maximum Gasteiger partial charge on any atom is 0.268 e. The lowest BCUT2D eigenvalue weighted by Crippen LogP contribution is -2.25. The van der Waals surface area contributed by atoms with Crippen molar-refractivity contribution < 1.29 is 18.7 Å². The summed E-state index contributed by atoms with van der Waals surface area (Å²) in [6.07, 6.45) is 1.32. The molecule has 0 amide bonds. The summed E-state index contributed by atoms with van der Waals surface area (Å²) in [7, 11) is 1.47. The van der Waals surface area contributed by atoms with Crippen LogP contribution in [0, 0.1) is 17.1 Å². The number of rotatable bonds is 8. The third-order valence-electron chi connectivity index (χ3n) is 4.57. The van der Waals surface area contributed by atoms with Gasteiger partial charge in [-0.3, -0.25) is 9.59 Å². The summed E-state index contributed by atoms with van der Waals surface area (Å²) >= 11 is 11.9.